The first-order valence-electron chi connectivity index (χ1n) is 11.7. The van der Waals surface area contributed by atoms with Crippen molar-refractivity contribution in [3.8, 4) is 5.75 Å². The Bertz CT molecular complexity index is 1430. The van der Waals surface area contributed by atoms with Crippen LogP contribution in [0.1, 0.15) is 44.6 Å². The van der Waals surface area contributed by atoms with Crippen molar-refractivity contribution in [1.82, 2.24) is 19.2 Å². The molecule has 1 N–H and O–H groups in total. The maximum absolute atomic E-state index is 13.0. The average Bonchev–Trinajstić information content (AvgIpc) is 3.31. The quantitative estimate of drug-likeness (QED) is 0.461. The summed E-state index contributed by atoms with van der Waals surface area (Å²) < 4.78 is 8.09. The fourth-order valence-corrected chi connectivity index (χ4v) is 5.94. The average molecular weight is 480 g/mol. The van der Waals surface area contributed by atoms with Crippen LogP contribution < -0.4 is 15.7 Å². The molecular formula is C25H29N5O3S. The summed E-state index contributed by atoms with van der Waals surface area (Å²) >= 11 is 1.70. The fourth-order valence-electron chi connectivity index (χ4n) is 4.68. The number of benzene rings is 1. The maximum Gasteiger partial charge on any atom is 0.352 e. The zero-order valence-electron chi connectivity index (χ0n) is 19.9. The summed E-state index contributed by atoms with van der Waals surface area (Å²) in [5, 5.41) is 8.33. The molecule has 0 spiro atoms. The molecule has 178 valence electrons. The molecule has 9 heteroatoms. The monoisotopic (exact) mass is 479 g/mol. The summed E-state index contributed by atoms with van der Waals surface area (Å²) in [6, 6.07) is 7.13. The first-order valence-corrected chi connectivity index (χ1v) is 12.5. The molecule has 8 nitrogen and oxygen atoms in total. The van der Waals surface area contributed by atoms with Gasteiger partial charge in [-0.3, -0.25) is 4.79 Å². The van der Waals surface area contributed by atoms with Crippen LogP contribution in [0.5, 0.6) is 5.75 Å². The Labute approximate surface area is 201 Å². The molecule has 5 rings (SSSR count). The van der Waals surface area contributed by atoms with Gasteiger partial charge < -0.3 is 10.1 Å². The van der Waals surface area contributed by atoms with Crippen molar-refractivity contribution in [3.05, 3.63) is 51.5 Å². The van der Waals surface area contributed by atoms with Crippen molar-refractivity contribution in [2.24, 2.45) is 11.3 Å². The molecule has 3 aromatic heterocycles. The van der Waals surface area contributed by atoms with Gasteiger partial charge in [0.1, 0.15) is 23.5 Å². The van der Waals surface area contributed by atoms with Gasteiger partial charge in [-0.05, 0) is 67.3 Å². The van der Waals surface area contributed by atoms with Crippen LogP contribution in [0.2, 0.25) is 0 Å². The highest BCUT2D eigenvalue weighted by Crippen LogP contribution is 2.43. The normalized spacial score (nSPS) is 16.1. The Kier molecular flexibility index (Phi) is 5.67. The van der Waals surface area contributed by atoms with Crippen LogP contribution >= 0.6 is 11.3 Å². The number of carbonyl (C=O) groups is 1. The van der Waals surface area contributed by atoms with Crippen molar-refractivity contribution in [3.63, 3.8) is 0 Å². The van der Waals surface area contributed by atoms with E-state index in [2.05, 4.69) is 36.2 Å². The molecule has 0 bridgehead atoms. The summed E-state index contributed by atoms with van der Waals surface area (Å²) in [5.74, 6) is 1.04. The lowest BCUT2D eigenvalue weighted by Crippen LogP contribution is -2.28. The maximum atomic E-state index is 13.0. The third kappa shape index (κ3) is 4.09. The number of nitrogens with zero attached hydrogens (tertiary/aromatic N) is 4. The van der Waals surface area contributed by atoms with Gasteiger partial charge in [0.15, 0.2) is 5.65 Å². The molecule has 0 saturated carbocycles. The number of ether oxygens (including phenoxy) is 1. The lowest BCUT2D eigenvalue weighted by atomic mass is 9.72. The molecule has 0 saturated heterocycles. The standard InChI is InChI=1S/C25H29N5O3S/c1-5-33-17-9-7-16(8-10-17)27-20(31)13-30-24(32)29-14-26-23-21(22(29)28-30)18-11-6-15(25(2,3)4)12-19(18)34-23/h7-10,14-15H,5-6,11-13H2,1-4H3,(H,27,31)/t15-/m0/s1. The summed E-state index contributed by atoms with van der Waals surface area (Å²) in [4.78, 5) is 32.4. The zero-order valence-corrected chi connectivity index (χ0v) is 20.7. The fraction of sp³-hybridized carbons (Fsp3) is 0.440. The van der Waals surface area contributed by atoms with E-state index in [0.29, 0.717) is 23.9 Å². The molecule has 3 heterocycles. The molecule has 0 fully saturated rings. The summed E-state index contributed by atoms with van der Waals surface area (Å²) in [6.07, 6.45) is 4.62. The Morgan fingerprint density at radius 2 is 2.03 bits per heavy atom. The number of aryl methyl sites for hydroxylation is 1. The number of carbonyl (C=O) groups excluding carboxylic acids is 1. The Hall–Kier alpha value is -3.20. The molecule has 4 aromatic rings. The van der Waals surface area contributed by atoms with E-state index in [-0.39, 0.29) is 23.6 Å². The first kappa shape index (κ1) is 22.6. The van der Waals surface area contributed by atoms with E-state index >= 15 is 0 Å². The second kappa shape index (κ2) is 8.54. The van der Waals surface area contributed by atoms with Gasteiger partial charge in [-0.1, -0.05) is 20.8 Å². The first-order chi connectivity index (χ1) is 16.2. The Morgan fingerprint density at radius 3 is 2.74 bits per heavy atom. The molecule has 1 aromatic carbocycles. The minimum absolute atomic E-state index is 0.173. The van der Waals surface area contributed by atoms with E-state index < -0.39 is 0 Å². The summed E-state index contributed by atoms with van der Waals surface area (Å²) in [7, 11) is 0. The SMILES string of the molecule is CCOc1ccc(NC(=O)Cn2nc3c4c5c(sc4ncn3c2=O)C[C@@H](C(C)(C)C)CC5)cc1. The number of rotatable bonds is 5. The number of thiophene rings is 1. The van der Waals surface area contributed by atoms with Crippen molar-refractivity contribution >= 4 is 38.8 Å². The van der Waals surface area contributed by atoms with E-state index in [1.807, 2.05) is 6.92 Å². The number of anilines is 1. The minimum Gasteiger partial charge on any atom is -0.494 e. The number of hydrogen-bond acceptors (Lipinski definition) is 6. The largest absolute Gasteiger partial charge is 0.494 e. The predicted octanol–water partition coefficient (Wildman–Crippen LogP) is 4.29. The third-order valence-electron chi connectivity index (χ3n) is 6.60. The highest BCUT2D eigenvalue weighted by Gasteiger charge is 2.32. The van der Waals surface area contributed by atoms with Crippen LogP contribution in [0.3, 0.4) is 0 Å². The number of hydrogen-bond donors (Lipinski definition) is 1. The topological polar surface area (TPSA) is 90.5 Å². The van der Waals surface area contributed by atoms with Crippen LogP contribution in [0.4, 0.5) is 5.69 Å². The van der Waals surface area contributed by atoms with Crippen molar-refractivity contribution in [2.45, 2.75) is 53.5 Å². The highest BCUT2D eigenvalue weighted by molar-refractivity contribution is 7.19. The van der Waals surface area contributed by atoms with E-state index in [9.17, 15) is 9.59 Å². The summed E-state index contributed by atoms with van der Waals surface area (Å²) in [5.41, 5.74) is 2.36. The van der Waals surface area contributed by atoms with Crippen LogP contribution in [0, 0.1) is 11.3 Å². The lowest BCUT2D eigenvalue weighted by Gasteiger charge is -2.33. The van der Waals surface area contributed by atoms with Gasteiger partial charge in [-0.25, -0.2) is 18.9 Å². The highest BCUT2D eigenvalue weighted by atomic mass is 32.1. The number of amides is 1. The summed E-state index contributed by atoms with van der Waals surface area (Å²) in [6.45, 7) is 9.22. The van der Waals surface area contributed by atoms with Crippen molar-refractivity contribution in [2.75, 3.05) is 11.9 Å². The van der Waals surface area contributed by atoms with Gasteiger partial charge in [-0.2, -0.15) is 0 Å². The van der Waals surface area contributed by atoms with Crippen LogP contribution in [-0.4, -0.2) is 31.7 Å². The number of fused-ring (bicyclic) bond motifs is 5. The van der Waals surface area contributed by atoms with Crippen molar-refractivity contribution < 1.29 is 9.53 Å². The van der Waals surface area contributed by atoms with E-state index in [0.717, 1.165) is 35.2 Å². The molecular weight excluding hydrogens is 450 g/mol. The second-order valence-electron chi connectivity index (χ2n) is 9.87. The Balaban J connectivity index is 1.42. The molecule has 0 radical (unpaired) electrons. The lowest BCUT2D eigenvalue weighted by molar-refractivity contribution is -0.117. The molecule has 1 aliphatic carbocycles. The third-order valence-corrected chi connectivity index (χ3v) is 7.76. The predicted molar refractivity (Wildman–Crippen MR) is 134 cm³/mol. The molecule has 0 aliphatic heterocycles. The van der Waals surface area contributed by atoms with Gasteiger partial charge in [0.25, 0.3) is 0 Å². The smallest absolute Gasteiger partial charge is 0.352 e. The van der Waals surface area contributed by atoms with Crippen LogP contribution in [-0.2, 0) is 24.2 Å². The van der Waals surface area contributed by atoms with Gasteiger partial charge in [0, 0.05) is 10.6 Å². The van der Waals surface area contributed by atoms with Gasteiger partial charge in [0.2, 0.25) is 5.91 Å². The number of aromatic nitrogens is 4. The molecule has 34 heavy (non-hydrogen) atoms. The van der Waals surface area contributed by atoms with Crippen molar-refractivity contribution in [1.29, 1.82) is 0 Å². The van der Waals surface area contributed by atoms with Gasteiger partial charge in [0.05, 0.1) is 12.0 Å². The minimum atomic E-state index is -0.366. The Morgan fingerprint density at radius 1 is 1.26 bits per heavy atom. The van der Waals surface area contributed by atoms with Gasteiger partial charge >= 0.3 is 5.69 Å². The molecule has 1 aliphatic rings. The molecule has 1 atom stereocenters. The van der Waals surface area contributed by atoms with E-state index in [1.165, 1.54) is 25.9 Å². The number of nitrogens with one attached hydrogen (secondary N) is 1. The zero-order chi connectivity index (χ0) is 24.0. The second-order valence-corrected chi connectivity index (χ2v) is 11.0. The van der Waals surface area contributed by atoms with E-state index in [4.69, 9.17) is 4.74 Å². The van der Waals surface area contributed by atoms with Crippen LogP contribution in [0.15, 0.2) is 35.4 Å². The molecule has 1 amide bonds. The van der Waals surface area contributed by atoms with Gasteiger partial charge in [-0.15, -0.1) is 16.4 Å². The van der Waals surface area contributed by atoms with E-state index in [1.54, 1.807) is 35.6 Å². The molecule has 0 unspecified atom stereocenters. The van der Waals surface area contributed by atoms with Crippen LogP contribution in [0.25, 0.3) is 15.9 Å².